The quantitative estimate of drug-likeness (QED) is 0.576. The lowest BCUT2D eigenvalue weighted by Gasteiger charge is -2.19. The van der Waals surface area contributed by atoms with E-state index >= 15 is 0 Å². The summed E-state index contributed by atoms with van der Waals surface area (Å²) in [7, 11) is 0. The van der Waals surface area contributed by atoms with Crippen LogP contribution >= 0.6 is 0 Å². The average molecular weight is 399 g/mol. The van der Waals surface area contributed by atoms with Crippen molar-refractivity contribution in [1.82, 2.24) is 15.1 Å². The molecule has 3 heterocycles. The summed E-state index contributed by atoms with van der Waals surface area (Å²) in [6, 6.07) is 6.07. The minimum atomic E-state index is -0.496. The summed E-state index contributed by atoms with van der Waals surface area (Å²) in [5, 5.41) is 13.3. The first kappa shape index (κ1) is 20.6. The van der Waals surface area contributed by atoms with Gasteiger partial charge >= 0.3 is 0 Å². The Morgan fingerprint density at radius 2 is 2.00 bits per heavy atom. The van der Waals surface area contributed by atoms with Gasteiger partial charge in [0.2, 0.25) is 0 Å². The van der Waals surface area contributed by atoms with E-state index in [0.717, 1.165) is 6.20 Å². The Balaban J connectivity index is 1.69. The Morgan fingerprint density at radius 1 is 1.21 bits per heavy atom. The molecular formula is C21H22FN3O4. The van der Waals surface area contributed by atoms with E-state index in [1.165, 1.54) is 18.3 Å². The maximum absolute atomic E-state index is 13.1. The van der Waals surface area contributed by atoms with Crippen LogP contribution < -0.4 is 4.74 Å². The highest BCUT2D eigenvalue weighted by Crippen LogP contribution is 2.26. The summed E-state index contributed by atoms with van der Waals surface area (Å²) < 4.78 is 24.1. The molecule has 0 aromatic carbocycles. The van der Waals surface area contributed by atoms with Crippen LogP contribution in [0.5, 0.6) is 5.75 Å². The number of carbonyl (C=O) groups excluding carboxylic acids is 1. The minimum Gasteiger partial charge on any atom is -0.487 e. The molecule has 0 aliphatic heterocycles. The van der Waals surface area contributed by atoms with Gasteiger partial charge in [-0.05, 0) is 36.6 Å². The zero-order chi connectivity index (χ0) is 21.0. The number of ketones is 1. The summed E-state index contributed by atoms with van der Waals surface area (Å²) in [5.41, 5.74) is 1.47. The first-order chi connectivity index (χ1) is 13.8. The fourth-order valence-electron chi connectivity index (χ4n) is 2.65. The second-order valence-electron chi connectivity index (χ2n) is 7.52. The van der Waals surface area contributed by atoms with Crippen LogP contribution in [0.3, 0.4) is 0 Å². The van der Waals surface area contributed by atoms with Crippen molar-refractivity contribution < 1.29 is 23.6 Å². The van der Waals surface area contributed by atoms with E-state index < -0.39 is 11.2 Å². The number of ether oxygens (including phenoxy) is 1. The molecule has 152 valence electrons. The second kappa shape index (κ2) is 8.48. The van der Waals surface area contributed by atoms with Gasteiger partial charge in [0, 0.05) is 13.0 Å². The summed E-state index contributed by atoms with van der Waals surface area (Å²) in [4.78, 5) is 20.5. The molecule has 0 atom stereocenters. The predicted octanol–water partition coefficient (Wildman–Crippen LogP) is 3.75. The van der Waals surface area contributed by atoms with Gasteiger partial charge in [0.25, 0.3) is 0 Å². The summed E-state index contributed by atoms with van der Waals surface area (Å²) in [6.07, 6.45) is 2.78. The molecule has 29 heavy (non-hydrogen) atoms. The smallest absolute Gasteiger partial charge is 0.181 e. The topological polar surface area (TPSA) is 98.3 Å². The maximum Gasteiger partial charge on any atom is 0.181 e. The molecule has 1 N–H and O–H groups in total. The van der Waals surface area contributed by atoms with Crippen molar-refractivity contribution in [3.05, 3.63) is 59.5 Å². The predicted molar refractivity (Wildman–Crippen MR) is 103 cm³/mol. The van der Waals surface area contributed by atoms with Crippen LogP contribution in [0.1, 0.15) is 42.1 Å². The highest BCUT2D eigenvalue weighted by Gasteiger charge is 2.22. The normalized spacial score (nSPS) is 11.5. The number of rotatable bonds is 8. The van der Waals surface area contributed by atoms with Gasteiger partial charge in [0.05, 0.1) is 23.7 Å². The summed E-state index contributed by atoms with van der Waals surface area (Å²) >= 11 is 0. The van der Waals surface area contributed by atoms with E-state index in [0.29, 0.717) is 34.2 Å². The number of pyridine rings is 2. The number of hydrogen-bond acceptors (Lipinski definition) is 7. The second-order valence-corrected chi connectivity index (χ2v) is 7.52. The molecule has 0 aliphatic rings. The highest BCUT2D eigenvalue weighted by atomic mass is 19.1. The van der Waals surface area contributed by atoms with Crippen LogP contribution in [-0.2, 0) is 6.61 Å². The monoisotopic (exact) mass is 399 g/mol. The van der Waals surface area contributed by atoms with Crippen LogP contribution in [-0.4, -0.2) is 32.6 Å². The molecule has 8 heteroatoms. The molecule has 0 saturated carbocycles. The van der Waals surface area contributed by atoms with E-state index in [9.17, 15) is 14.3 Å². The largest absolute Gasteiger partial charge is 0.487 e. The number of Topliss-reactive ketones (excluding diaryl/α,β-unsaturated/α-hetero) is 1. The van der Waals surface area contributed by atoms with E-state index in [1.54, 1.807) is 19.1 Å². The standard InChI is InChI=1S/C21H22FN3O4/c1-13-16(20(25-29-13)18-6-4-14(22)9-23-18)11-28-15-5-7-17(24-10-15)19(27)8-21(2,3)12-26/h4-7,9-10,26H,8,11-12H2,1-3H3. The van der Waals surface area contributed by atoms with Gasteiger partial charge in [-0.3, -0.25) is 9.78 Å². The van der Waals surface area contributed by atoms with E-state index in [-0.39, 0.29) is 25.4 Å². The number of aromatic nitrogens is 3. The van der Waals surface area contributed by atoms with Crippen molar-refractivity contribution in [1.29, 1.82) is 0 Å². The molecule has 0 saturated heterocycles. The van der Waals surface area contributed by atoms with Crippen molar-refractivity contribution in [2.24, 2.45) is 5.41 Å². The summed E-state index contributed by atoms with van der Waals surface area (Å²) in [5.74, 6) is 0.462. The molecule has 3 aromatic heterocycles. The van der Waals surface area contributed by atoms with Crippen LogP contribution in [0, 0.1) is 18.2 Å². The van der Waals surface area contributed by atoms with E-state index in [2.05, 4.69) is 15.1 Å². The maximum atomic E-state index is 13.1. The van der Waals surface area contributed by atoms with Gasteiger partial charge in [-0.1, -0.05) is 19.0 Å². The molecule has 0 bridgehead atoms. The van der Waals surface area contributed by atoms with E-state index in [1.807, 2.05) is 13.8 Å². The number of carbonyl (C=O) groups is 1. The number of aryl methyl sites for hydroxylation is 1. The van der Waals surface area contributed by atoms with Crippen LogP contribution in [0.4, 0.5) is 4.39 Å². The van der Waals surface area contributed by atoms with Gasteiger partial charge in [-0.25, -0.2) is 9.37 Å². The lowest BCUT2D eigenvalue weighted by molar-refractivity contribution is 0.0854. The van der Waals surface area contributed by atoms with Crippen molar-refractivity contribution in [3.63, 3.8) is 0 Å². The molecule has 7 nitrogen and oxygen atoms in total. The molecule has 0 spiro atoms. The zero-order valence-electron chi connectivity index (χ0n) is 16.5. The van der Waals surface area contributed by atoms with Gasteiger partial charge in [-0.2, -0.15) is 0 Å². The number of nitrogens with zero attached hydrogens (tertiary/aromatic N) is 3. The molecule has 3 aromatic rings. The van der Waals surface area contributed by atoms with Crippen LogP contribution in [0.2, 0.25) is 0 Å². The third kappa shape index (κ3) is 5.03. The Morgan fingerprint density at radius 3 is 2.62 bits per heavy atom. The fraction of sp³-hybridized carbons (Fsp3) is 0.333. The van der Waals surface area contributed by atoms with Crippen molar-refractivity contribution >= 4 is 5.78 Å². The Hall–Kier alpha value is -3.13. The molecule has 0 amide bonds. The molecule has 0 aliphatic carbocycles. The number of hydrogen-bond donors (Lipinski definition) is 1. The third-order valence-corrected chi connectivity index (χ3v) is 4.43. The molecule has 0 radical (unpaired) electrons. The minimum absolute atomic E-state index is 0.0801. The first-order valence-corrected chi connectivity index (χ1v) is 9.09. The van der Waals surface area contributed by atoms with Crippen molar-refractivity contribution in [2.75, 3.05) is 6.61 Å². The van der Waals surface area contributed by atoms with Crippen LogP contribution in [0.25, 0.3) is 11.4 Å². The van der Waals surface area contributed by atoms with E-state index in [4.69, 9.17) is 9.26 Å². The lowest BCUT2D eigenvalue weighted by Crippen LogP contribution is -2.21. The zero-order valence-corrected chi connectivity index (χ0v) is 16.5. The SMILES string of the molecule is Cc1onc(-c2ccc(F)cn2)c1COc1ccc(C(=O)CC(C)(C)CO)nc1. The number of halogens is 1. The molecule has 3 rings (SSSR count). The lowest BCUT2D eigenvalue weighted by atomic mass is 9.87. The Kier molecular flexibility index (Phi) is 6.03. The van der Waals surface area contributed by atoms with Crippen molar-refractivity contribution in [3.8, 4) is 17.1 Å². The molecule has 0 fully saturated rings. The molecule has 0 unspecified atom stereocenters. The van der Waals surface area contributed by atoms with Gasteiger partial charge < -0.3 is 14.4 Å². The molecular weight excluding hydrogens is 377 g/mol. The highest BCUT2D eigenvalue weighted by molar-refractivity contribution is 5.94. The third-order valence-electron chi connectivity index (χ3n) is 4.43. The number of aliphatic hydroxyl groups is 1. The fourth-order valence-corrected chi connectivity index (χ4v) is 2.65. The summed E-state index contributed by atoms with van der Waals surface area (Å²) in [6.45, 7) is 5.45. The van der Waals surface area contributed by atoms with Gasteiger partial charge in [-0.15, -0.1) is 0 Å². The Labute approximate surface area is 167 Å². The van der Waals surface area contributed by atoms with Crippen LogP contribution in [0.15, 0.2) is 41.2 Å². The number of aliphatic hydroxyl groups excluding tert-OH is 1. The van der Waals surface area contributed by atoms with Gasteiger partial charge in [0.15, 0.2) is 5.78 Å². The van der Waals surface area contributed by atoms with Gasteiger partial charge in [0.1, 0.15) is 35.3 Å². The average Bonchev–Trinajstić information content (AvgIpc) is 3.07. The Bertz CT molecular complexity index is 982. The van der Waals surface area contributed by atoms with Crippen molar-refractivity contribution in [2.45, 2.75) is 33.8 Å². The first-order valence-electron chi connectivity index (χ1n) is 9.09.